The summed E-state index contributed by atoms with van der Waals surface area (Å²) in [6.07, 6.45) is 0.615. The zero-order chi connectivity index (χ0) is 10.7. The number of hydrogen-bond acceptors (Lipinski definition) is 4. The number of aromatic nitrogens is 2. The molecule has 0 aliphatic carbocycles. The van der Waals surface area contributed by atoms with Crippen LogP contribution in [0.2, 0.25) is 0 Å². The van der Waals surface area contributed by atoms with Gasteiger partial charge in [0.05, 0.1) is 0 Å². The lowest BCUT2D eigenvalue weighted by atomic mass is 10.2. The van der Waals surface area contributed by atoms with Crippen LogP contribution in [0.1, 0.15) is 5.89 Å². The summed E-state index contributed by atoms with van der Waals surface area (Å²) in [7, 11) is 0. The number of halogens is 1. The fourth-order valence-corrected chi connectivity index (χ4v) is 1.45. The van der Waals surface area contributed by atoms with Gasteiger partial charge in [0.1, 0.15) is 0 Å². The second-order valence-corrected chi connectivity index (χ2v) is 3.96. The molecule has 2 N–H and O–H groups in total. The summed E-state index contributed by atoms with van der Waals surface area (Å²) in [6.45, 7) is 0.516. The van der Waals surface area contributed by atoms with Crippen molar-refractivity contribution in [2.75, 3.05) is 6.54 Å². The average molecular weight is 268 g/mol. The summed E-state index contributed by atoms with van der Waals surface area (Å²) in [5.41, 5.74) is 6.31. The highest BCUT2D eigenvalue weighted by atomic mass is 79.9. The fourth-order valence-electron chi connectivity index (χ4n) is 1.19. The molecule has 1 heterocycles. The van der Waals surface area contributed by atoms with Crippen LogP contribution in [0.4, 0.5) is 0 Å². The molecule has 4 nitrogen and oxygen atoms in total. The van der Waals surface area contributed by atoms with E-state index in [2.05, 4.69) is 26.1 Å². The molecule has 2 aromatic rings. The van der Waals surface area contributed by atoms with Crippen LogP contribution in [0.5, 0.6) is 0 Å². The number of hydrogen-bond donors (Lipinski definition) is 1. The number of rotatable bonds is 3. The lowest BCUT2D eigenvalue weighted by molar-refractivity contribution is 0.507. The summed E-state index contributed by atoms with van der Waals surface area (Å²) in [6, 6.07) is 7.71. The maximum Gasteiger partial charge on any atom is 0.247 e. The largest absolute Gasteiger partial charge is 0.421 e. The van der Waals surface area contributed by atoms with Crippen molar-refractivity contribution < 1.29 is 4.42 Å². The standard InChI is InChI=1S/C10H10BrN3O/c11-8-3-1-7(2-4-8)10-14-13-9(15-10)5-6-12/h1-4H,5-6,12H2. The molecule has 0 saturated carbocycles. The average Bonchev–Trinajstić information content (AvgIpc) is 2.68. The summed E-state index contributed by atoms with van der Waals surface area (Å²) < 4.78 is 6.45. The monoisotopic (exact) mass is 267 g/mol. The first kappa shape index (κ1) is 10.3. The van der Waals surface area contributed by atoms with Crippen molar-refractivity contribution in [2.45, 2.75) is 6.42 Å². The highest BCUT2D eigenvalue weighted by Crippen LogP contribution is 2.20. The molecule has 0 spiro atoms. The Kier molecular flexibility index (Phi) is 3.13. The molecular formula is C10H10BrN3O. The summed E-state index contributed by atoms with van der Waals surface area (Å²) >= 11 is 3.36. The Hall–Kier alpha value is -1.20. The molecule has 0 atom stereocenters. The summed E-state index contributed by atoms with van der Waals surface area (Å²) in [5, 5.41) is 7.84. The first-order valence-electron chi connectivity index (χ1n) is 4.58. The second kappa shape index (κ2) is 4.55. The highest BCUT2D eigenvalue weighted by molar-refractivity contribution is 9.10. The highest BCUT2D eigenvalue weighted by Gasteiger charge is 2.07. The minimum Gasteiger partial charge on any atom is -0.421 e. The van der Waals surface area contributed by atoms with Gasteiger partial charge in [-0.05, 0) is 24.3 Å². The van der Waals surface area contributed by atoms with Crippen molar-refractivity contribution in [1.29, 1.82) is 0 Å². The van der Waals surface area contributed by atoms with Gasteiger partial charge in [-0.3, -0.25) is 0 Å². The number of nitrogens with two attached hydrogens (primary N) is 1. The van der Waals surface area contributed by atoms with Crippen molar-refractivity contribution >= 4 is 15.9 Å². The third-order valence-electron chi connectivity index (χ3n) is 1.92. The van der Waals surface area contributed by atoms with Gasteiger partial charge in [0, 0.05) is 23.0 Å². The van der Waals surface area contributed by atoms with E-state index in [1.807, 2.05) is 24.3 Å². The van der Waals surface area contributed by atoms with Crippen LogP contribution in [0.25, 0.3) is 11.5 Å². The molecule has 0 radical (unpaired) electrons. The van der Waals surface area contributed by atoms with Crippen LogP contribution >= 0.6 is 15.9 Å². The van der Waals surface area contributed by atoms with Gasteiger partial charge in [0.25, 0.3) is 0 Å². The van der Waals surface area contributed by atoms with E-state index in [0.29, 0.717) is 24.7 Å². The normalized spacial score (nSPS) is 10.5. The van der Waals surface area contributed by atoms with Crippen LogP contribution in [0, 0.1) is 0 Å². The summed E-state index contributed by atoms with van der Waals surface area (Å²) in [4.78, 5) is 0. The Bertz CT molecular complexity index is 438. The van der Waals surface area contributed by atoms with Crippen LogP contribution < -0.4 is 5.73 Å². The van der Waals surface area contributed by atoms with Gasteiger partial charge in [-0.25, -0.2) is 0 Å². The minimum absolute atomic E-state index is 0.516. The van der Waals surface area contributed by atoms with Gasteiger partial charge in [-0.1, -0.05) is 15.9 Å². The molecule has 0 unspecified atom stereocenters. The molecular weight excluding hydrogens is 258 g/mol. The van der Waals surface area contributed by atoms with Gasteiger partial charge in [-0.15, -0.1) is 10.2 Å². The first-order valence-corrected chi connectivity index (χ1v) is 5.37. The maximum atomic E-state index is 5.43. The molecule has 5 heteroatoms. The van der Waals surface area contributed by atoms with Crippen molar-refractivity contribution in [3.05, 3.63) is 34.6 Å². The molecule has 2 rings (SSSR count). The zero-order valence-electron chi connectivity index (χ0n) is 7.98. The van der Waals surface area contributed by atoms with Crippen LogP contribution in [0.15, 0.2) is 33.2 Å². The van der Waals surface area contributed by atoms with E-state index in [1.165, 1.54) is 0 Å². The van der Waals surface area contributed by atoms with Gasteiger partial charge >= 0.3 is 0 Å². The molecule has 78 valence electrons. The van der Waals surface area contributed by atoms with E-state index in [9.17, 15) is 0 Å². The Morgan fingerprint density at radius 3 is 2.60 bits per heavy atom. The Morgan fingerprint density at radius 2 is 1.93 bits per heavy atom. The summed E-state index contributed by atoms with van der Waals surface area (Å²) in [5.74, 6) is 1.11. The molecule has 0 aliphatic rings. The molecule has 0 saturated heterocycles. The quantitative estimate of drug-likeness (QED) is 0.924. The molecule has 1 aromatic heterocycles. The number of benzene rings is 1. The van der Waals surface area contributed by atoms with Crippen molar-refractivity contribution in [2.24, 2.45) is 5.73 Å². The second-order valence-electron chi connectivity index (χ2n) is 3.05. The van der Waals surface area contributed by atoms with E-state index in [-0.39, 0.29) is 0 Å². The molecule has 0 aliphatic heterocycles. The van der Waals surface area contributed by atoms with Crippen LogP contribution in [-0.4, -0.2) is 16.7 Å². The third kappa shape index (κ3) is 2.43. The van der Waals surface area contributed by atoms with Gasteiger partial charge in [0.15, 0.2) is 0 Å². The topological polar surface area (TPSA) is 64.9 Å². The third-order valence-corrected chi connectivity index (χ3v) is 2.44. The predicted octanol–water partition coefficient (Wildman–Crippen LogP) is 2.00. The molecule has 15 heavy (non-hydrogen) atoms. The minimum atomic E-state index is 0.516. The fraction of sp³-hybridized carbons (Fsp3) is 0.200. The lowest BCUT2D eigenvalue weighted by Gasteiger charge is -1.94. The maximum absolute atomic E-state index is 5.43. The molecule has 1 aromatic carbocycles. The van der Waals surface area contributed by atoms with Crippen LogP contribution in [0.3, 0.4) is 0 Å². The predicted molar refractivity (Wildman–Crippen MR) is 60.2 cm³/mol. The Labute approximate surface area is 95.6 Å². The van der Waals surface area contributed by atoms with Crippen LogP contribution in [-0.2, 0) is 6.42 Å². The molecule has 0 amide bonds. The van der Waals surface area contributed by atoms with Gasteiger partial charge in [0.2, 0.25) is 11.8 Å². The Morgan fingerprint density at radius 1 is 1.20 bits per heavy atom. The van der Waals surface area contributed by atoms with E-state index in [1.54, 1.807) is 0 Å². The SMILES string of the molecule is NCCc1nnc(-c2ccc(Br)cc2)o1. The number of nitrogens with zero attached hydrogens (tertiary/aromatic N) is 2. The Balaban J connectivity index is 2.25. The molecule has 0 bridgehead atoms. The van der Waals surface area contributed by atoms with Crippen molar-refractivity contribution in [1.82, 2.24) is 10.2 Å². The van der Waals surface area contributed by atoms with Gasteiger partial charge < -0.3 is 10.2 Å². The van der Waals surface area contributed by atoms with Crippen molar-refractivity contribution in [3.63, 3.8) is 0 Å². The van der Waals surface area contributed by atoms with E-state index in [0.717, 1.165) is 10.0 Å². The molecule has 0 fully saturated rings. The van der Waals surface area contributed by atoms with Crippen molar-refractivity contribution in [3.8, 4) is 11.5 Å². The smallest absolute Gasteiger partial charge is 0.247 e. The van der Waals surface area contributed by atoms with E-state index in [4.69, 9.17) is 10.2 Å². The van der Waals surface area contributed by atoms with E-state index >= 15 is 0 Å². The zero-order valence-corrected chi connectivity index (χ0v) is 9.57. The van der Waals surface area contributed by atoms with Gasteiger partial charge in [-0.2, -0.15) is 0 Å². The van der Waals surface area contributed by atoms with E-state index < -0.39 is 0 Å². The lowest BCUT2D eigenvalue weighted by Crippen LogP contribution is -2.02. The first-order chi connectivity index (χ1) is 7.29.